The van der Waals surface area contributed by atoms with E-state index in [1.165, 1.54) is 21.3 Å². The molecule has 56 heavy (non-hydrogen) atoms. The fraction of sp³-hybridized carbons (Fsp3) is 0.500. The highest BCUT2D eigenvalue weighted by Crippen LogP contribution is 2.43. The Labute approximate surface area is 339 Å². The molecule has 1 atom stereocenters. The topological polar surface area (TPSA) is 113 Å². The molecular formula is C42H53Cl2N5O7. The maximum atomic E-state index is 14.3. The van der Waals surface area contributed by atoms with E-state index < -0.39 is 5.41 Å². The minimum Gasteiger partial charge on any atom is -0.493 e. The number of likely N-dealkylation sites (tertiary alicyclic amines) is 2. The maximum absolute atomic E-state index is 14.3. The Morgan fingerprint density at radius 2 is 1.43 bits per heavy atom. The molecule has 3 fully saturated rings. The van der Waals surface area contributed by atoms with Gasteiger partial charge in [-0.2, -0.15) is 0 Å². The lowest BCUT2D eigenvalue weighted by molar-refractivity contribution is -0.145. The smallest absolute Gasteiger partial charge is 0.320 e. The van der Waals surface area contributed by atoms with Crippen LogP contribution in [0.2, 0.25) is 10.0 Å². The number of piperazine rings is 1. The Morgan fingerprint density at radius 1 is 0.750 bits per heavy atom. The lowest BCUT2D eigenvalue weighted by Gasteiger charge is -2.43. The standard InChI is InChI=1S/C42H53Cl2N5O7/c1-5-56-37(50)28-47-21-23-49(24-22-47)45-40(52)42(31-9-7-6-8-10-31)15-18-46(19-16-42)17-13-41(32-11-12-33(43)34(44)27-32)14-20-48(29-41)39(51)30-25-35(53-2)38(55-4)36(26-30)54-3/h6-12,25-27H,5,13-24,28-29H2,1-4H3,(H,45,52)/t41-/m1/s1. The Kier molecular flexibility index (Phi) is 13.7. The first-order chi connectivity index (χ1) is 27.0. The van der Waals surface area contributed by atoms with E-state index in [4.69, 9.17) is 42.1 Å². The number of benzene rings is 3. The number of hydrazine groups is 1. The van der Waals surface area contributed by atoms with E-state index >= 15 is 0 Å². The van der Waals surface area contributed by atoms with Gasteiger partial charge in [0.1, 0.15) is 0 Å². The van der Waals surface area contributed by atoms with Crippen LogP contribution >= 0.6 is 23.2 Å². The monoisotopic (exact) mass is 809 g/mol. The number of carbonyl (C=O) groups is 3. The Morgan fingerprint density at radius 3 is 2.04 bits per heavy atom. The van der Waals surface area contributed by atoms with E-state index in [1.807, 2.05) is 46.3 Å². The molecule has 3 heterocycles. The molecule has 0 aliphatic carbocycles. The number of methoxy groups -OCH3 is 3. The molecule has 2 amide bonds. The Hall–Kier alpha value is -4.07. The van der Waals surface area contributed by atoms with Gasteiger partial charge < -0.3 is 28.7 Å². The number of amides is 2. The summed E-state index contributed by atoms with van der Waals surface area (Å²) in [7, 11) is 4.60. The van der Waals surface area contributed by atoms with Crippen LogP contribution in [0.15, 0.2) is 60.7 Å². The van der Waals surface area contributed by atoms with E-state index in [1.54, 1.807) is 19.1 Å². The SMILES string of the molecule is CCOC(=O)CN1CCN(NC(=O)C2(c3ccccc3)CCN(CC[C@@]3(c4ccc(Cl)c(Cl)c4)CCN(C(=O)c4cc(OC)c(OC)c(OC)c4)C3)CC2)CC1. The van der Waals surface area contributed by atoms with E-state index in [0.717, 1.165) is 43.6 Å². The molecular weight excluding hydrogens is 757 g/mol. The van der Waals surface area contributed by atoms with Crippen LogP contribution in [0.3, 0.4) is 0 Å². The summed E-state index contributed by atoms with van der Waals surface area (Å²) < 4.78 is 21.7. The fourth-order valence-electron chi connectivity index (χ4n) is 8.44. The van der Waals surface area contributed by atoms with Crippen LogP contribution in [0.1, 0.15) is 54.1 Å². The Balaban J connectivity index is 1.15. The number of nitrogens with zero attached hydrogens (tertiary/aromatic N) is 4. The van der Waals surface area contributed by atoms with E-state index in [-0.39, 0.29) is 29.7 Å². The highest BCUT2D eigenvalue weighted by molar-refractivity contribution is 6.42. The summed E-state index contributed by atoms with van der Waals surface area (Å²) in [6.07, 6.45) is 2.86. The molecule has 3 saturated heterocycles. The van der Waals surface area contributed by atoms with Crippen LogP contribution in [0.5, 0.6) is 17.2 Å². The average molecular weight is 811 g/mol. The number of halogens is 2. The maximum Gasteiger partial charge on any atom is 0.320 e. The van der Waals surface area contributed by atoms with Crippen LogP contribution in [-0.4, -0.2) is 131 Å². The molecule has 14 heteroatoms. The number of nitrogens with one attached hydrogen (secondary N) is 1. The van der Waals surface area contributed by atoms with Crippen molar-refractivity contribution in [3.8, 4) is 17.2 Å². The second kappa shape index (κ2) is 18.5. The summed E-state index contributed by atoms with van der Waals surface area (Å²) in [5.41, 5.74) is 4.72. The summed E-state index contributed by atoms with van der Waals surface area (Å²) in [4.78, 5) is 46.8. The van der Waals surface area contributed by atoms with Crippen molar-refractivity contribution in [2.45, 2.75) is 43.4 Å². The molecule has 0 bridgehead atoms. The Bertz CT molecular complexity index is 1830. The third-order valence-corrected chi connectivity index (χ3v) is 12.5. The van der Waals surface area contributed by atoms with Gasteiger partial charge in [0.2, 0.25) is 11.7 Å². The molecule has 3 aliphatic heterocycles. The molecule has 0 saturated carbocycles. The van der Waals surface area contributed by atoms with Crippen molar-refractivity contribution in [3.05, 3.63) is 87.4 Å². The third-order valence-electron chi connectivity index (χ3n) is 11.8. The lowest BCUT2D eigenvalue weighted by Crippen LogP contribution is -2.59. The van der Waals surface area contributed by atoms with Gasteiger partial charge in [0.25, 0.3) is 5.91 Å². The van der Waals surface area contributed by atoms with Gasteiger partial charge in [-0.15, -0.1) is 0 Å². The van der Waals surface area contributed by atoms with Crippen molar-refractivity contribution in [2.75, 3.05) is 93.4 Å². The minimum absolute atomic E-state index is 0.00575. The molecule has 3 aliphatic rings. The van der Waals surface area contributed by atoms with Gasteiger partial charge in [-0.1, -0.05) is 59.6 Å². The molecule has 0 aromatic heterocycles. The zero-order chi connectivity index (χ0) is 39.9. The first-order valence-corrected chi connectivity index (χ1v) is 20.1. The van der Waals surface area contributed by atoms with Gasteiger partial charge in [0, 0.05) is 50.2 Å². The van der Waals surface area contributed by atoms with Crippen LogP contribution < -0.4 is 19.6 Å². The van der Waals surface area contributed by atoms with Crippen molar-refractivity contribution >= 4 is 41.0 Å². The number of hydrogen-bond donors (Lipinski definition) is 1. The van der Waals surface area contributed by atoms with Gasteiger partial charge in [-0.25, -0.2) is 5.01 Å². The van der Waals surface area contributed by atoms with Gasteiger partial charge >= 0.3 is 5.97 Å². The molecule has 3 aromatic carbocycles. The van der Waals surface area contributed by atoms with E-state index in [2.05, 4.69) is 27.4 Å². The number of esters is 1. The van der Waals surface area contributed by atoms with Crippen molar-refractivity contribution < 1.29 is 33.3 Å². The second-order valence-corrected chi connectivity index (χ2v) is 15.7. The first-order valence-electron chi connectivity index (χ1n) is 19.3. The van der Waals surface area contributed by atoms with E-state index in [9.17, 15) is 14.4 Å². The zero-order valence-electron chi connectivity index (χ0n) is 32.8. The molecule has 6 rings (SSSR count). The van der Waals surface area contributed by atoms with Crippen LogP contribution in [0, 0.1) is 0 Å². The summed E-state index contributed by atoms with van der Waals surface area (Å²) >= 11 is 13.0. The average Bonchev–Trinajstić information content (AvgIpc) is 3.67. The molecule has 1 N–H and O–H groups in total. The highest BCUT2D eigenvalue weighted by Gasteiger charge is 2.46. The molecule has 12 nitrogen and oxygen atoms in total. The van der Waals surface area contributed by atoms with Crippen molar-refractivity contribution in [1.29, 1.82) is 0 Å². The van der Waals surface area contributed by atoms with Crippen LogP contribution in [-0.2, 0) is 25.2 Å². The predicted octanol–water partition coefficient (Wildman–Crippen LogP) is 5.44. The number of rotatable bonds is 14. The number of ether oxygens (including phenoxy) is 4. The van der Waals surface area contributed by atoms with Crippen LogP contribution in [0.25, 0.3) is 0 Å². The quantitative estimate of drug-likeness (QED) is 0.212. The largest absolute Gasteiger partial charge is 0.493 e. The fourth-order valence-corrected chi connectivity index (χ4v) is 8.73. The van der Waals surface area contributed by atoms with Crippen molar-refractivity contribution in [3.63, 3.8) is 0 Å². The van der Waals surface area contributed by atoms with E-state index in [0.29, 0.717) is 91.6 Å². The van der Waals surface area contributed by atoms with Crippen molar-refractivity contribution in [1.82, 2.24) is 25.1 Å². The van der Waals surface area contributed by atoms with Crippen molar-refractivity contribution in [2.24, 2.45) is 0 Å². The third kappa shape index (κ3) is 9.05. The molecule has 0 spiro atoms. The number of hydrogen-bond acceptors (Lipinski definition) is 10. The normalized spacial score (nSPS) is 20.4. The highest BCUT2D eigenvalue weighted by atomic mass is 35.5. The lowest BCUT2D eigenvalue weighted by atomic mass is 9.71. The molecule has 0 unspecified atom stereocenters. The molecule has 0 radical (unpaired) electrons. The summed E-state index contributed by atoms with van der Waals surface area (Å²) in [5.74, 6) is 0.929. The second-order valence-electron chi connectivity index (χ2n) is 14.8. The summed E-state index contributed by atoms with van der Waals surface area (Å²) in [6.45, 7) is 8.31. The zero-order valence-corrected chi connectivity index (χ0v) is 34.3. The van der Waals surface area contributed by atoms with Gasteiger partial charge in [-0.3, -0.25) is 24.7 Å². The summed E-state index contributed by atoms with van der Waals surface area (Å²) in [5, 5.41) is 2.95. The first kappa shape index (κ1) is 41.6. The summed E-state index contributed by atoms with van der Waals surface area (Å²) in [6, 6.07) is 19.3. The predicted molar refractivity (Wildman–Crippen MR) is 216 cm³/mol. The number of carbonyl (C=O) groups excluding carboxylic acids is 3. The number of piperidine rings is 1. The minimum atomic E-state index is -0.682. The van der Waals surface area contributed by atoms with Gasteiger partial charge in [-0.05, 0) is 87.6 Å². The van der Waals surface area contributed by atoms with Crippen LogP contribution in [0.4, 0.5) is 0 Å². The van der Waals surface area contributed by atoms with Gasteiger partial charge in [0.05, 0.1) is 49.9 Å². The van der Waals surface area contributed by atoms with Gasteiger partial charge in [0.15, 0.2) is 11.5 Å². The molecule has 3 aromatic rings. The molecule has 302 valence electrons.